The van der Waals surface area contributed by atoms with Crippen LogP contribution < -0.4 is 0 Å². The Morgan fingerprint density at radius 3 is 2.00 bits per heavy atom. The second-order valence-corrected chi connectivity index (χ2v) is 5.91. The molecule has 0 saturated heterocycles. The van der Waals surface area contributed by atoms with Crippen molar-refractivity contribution < 1.29 is 14.3 Å². The molecule has 17 heavy (non-hydrogen) atoms. The smallest absolute Gasteiger partial charge is 0.305 e. The second kappa shape index (κ2) is 4.43. The van der Waals surface area contributed by atoms with Crippen LogP contribution in [0.3, 0.4) is 0 Å². The van der Waals surface area contributed by atoms with Crippen LogP contribution in [0.5, 0.6) is 0 Å². The third kappa shape index (κ3) is 2.24. The van der Waals surface area contributed by atoms with Crippen molar-refractivity contribution >= 4 is 11.8 Å². The topological polar surface area (TPSA) is 43.4 Å². The molecule has 0 unspecified atom stereocenters. The zero-order valence-electron chi connectivity index (χ0n) is 10.9. The van der Waals surface area contributed by atoms with Crippen LogP contribution >= 0.6 is 0 Å². The second-order valence-electron chi connectivity index (χ2n) is 5.91. The molecule has 96 valence electrons. The lowest BCUT2D eigenvalue weighted by Crippen LogP contribution is -2.45. The van der Waals surface area contributed by atoms with Crippen molar-refractivity contribution in [1.29, 1.82) is 0 Å². The number of ketones is 1. The summed E-state index contributed by atoms with van der Waals surface area (Å²) in [6, 6.07) is 0. The Bertz CT molecular complexity index is 308. The number of carbonyl (C=O) groups is 2. The summed E-state index contributed by atoms with van der Waals surface area (Å²) in [6.07, 6.45) is 7.91. The Labute approximate surface area is 103 Å². The van der Waals surface area contributed by atoms with E-state index < -0.39 is 0 Å². The van der Waals surface area contributed by atoms with E-state index >= 15 is 0 Å². The fourth-order valence-corrected chi connectivity index (χ4v) is 3.64. The predicted octanol–water partition coefficient (Wildman–Crippen LogP) is 2.87. The van der Waals surface area contributed by atoms with Crippen molar-refractivity contribution in [2.75, 3.05) is 7.11 Å². The van der Waals surface area contributed by atoms with E-state index in [4.69, 9.17) is 4.74 Å². The predicted molar refractivity (Wildman–Crippen MR) is 64.5 cm³/mol. The summed E-state index contributed by atoms with van der Waals surface area (Å²) in [5, 5.41) is 0. The van der Waals surface area contributed by atoms with Gasteiger partial charge in [0, 0.05) is 11.8 Å². The summed E-state index contributed by atoms with van der Waals surface area (Å²) in [6.45, 7) is 1.74. The number of ether oxygens (including phenoxy) is 1. The van der Waals surface area contributed by atoms with Crippen LogP contribution in [-0.2, 0) is 14.3 Å². The van der Waals surface area contributed by atoms with Crippen molar-refractivity contribution in [1.82, 2.24) is 0 Å². The van der Waals surface area contributed by atoms with Gasteiger partial charge in [-0.15, -0.1) is 0 Å². The molecule has 3 saturated carbocycles. The molecule has 3 aliphatic carbocycles. The standard InChI is InChI=1S/C14H22O3/c1-11(15)14-8-5-13(6-9-14,7-10-14)4-3-12(16)17-2/h3-10H2,1-2H3. The Balaban J connectivity index is 1.95. The quantitative estimate of drug-likeness (QED) is 0.707. The molecule has 3 rings (SSSR count). The van der Waals surface area contributed by atoms with Crippen molar-refractivity contribution in [3.8, 4) is 0 Å². The molecule has 3 heteroatoms. The fourth-order valence-electron chi connectivity index (χ4n) is 3.64. The van der Waals surface area contributed by atoms with Gasteiger partial charge in [-0.3, -0.25) is 9.59 Å². The van der Waals surface area contributed by atoms with E-state index in [1.54, 1.807) is 6.92 Å². The van der Waals surface area contributed by atoms with Gasteiger partial charge in [0.05, 0.1) is 7.11 Å². The monoisotopic (exact) mass is 238 g/mol. The molecule has 0 atom stereocenters. The highest BCUT2D eigenvalue weighted by molar-refractivity contribution is 5.82. The largest absolute Gasteiger partial charge is 0.469 e. The minimum absolute atomic E-state index is 0.00693. The maximum Gasteiger partial charge on any atom is 0.305 e. The molecule has 0 heterocycles. The average molecular weight is 238 g/mol. The molecule has 3 aliphatic rings. The van der Waals surface area contributed by atoms with E-state index in [2.05, 4.69) is 0 Å². The van der Waals surface area contributed by atoms with Crippen molar-refractivity contribution in [3.63, 3.8) is 0 Å². The first-order valence-electron chi connectivity index (χ1n) is 6.60. The molecule has 0 radical (unpaired) electrons. The van der Waals surface area contributed by atoms with Gasteiger partial charge in [0.15, 0.2) is 0 Å². The number of methoxy groups -OCH3 is 1. The first kappa shape index (κ1) is 12.6. The molecular formula is C14H22O3. The molecule has 2 bridgehead atoms. The van der Waals surface area contributed by atoms with Gasteiger partial charge in [0.2, 0.25) is 0 Å². The minimum atomic E-state index is -0.103. The lowest BCUT2D eigenvalue weighted by molar-refractivity contribution is -0.144. The Kier molecular flexibility index (Phi) is 3.28. The van der Waals surface area contributed by atoms with Gasteiger partial charge in [-0.1, -0.05) is 0 Å². The van der Waals surface area contributed by atoms with Gasteiger partial charge in [0.1, 0.15) is 5.78 Å². The number of esters is 1. The Morgan fingerprint density at radius 1 is 1.06 bits per heavy atom. The number of hydrogen-bond acceptors (Lipinski definition) is 3. The van der Waals surface area contributed by atoms with Gasteiger partial charge >= 0.3 is 5.97 Å². The molecular weight excluding hydrogens is 216 g/mol. The maximum atomic E-state index is 11.7. The third-order valence-electron chi connectivity index (χ3n) is 5.24. The van der Waals surface area contributed by atoms with E-state index in [-0.39, 0.29) is 11.4 Å². The summed E-state index contributed by atoms with van der Waals surface area (Å²) in [5.41, 5.74) is 0.318. The summed E-state index contributed by atoms with van der Waals surface area (Å²) >= 11 is 0. The summed E-state index contributed by atoms with van der Waals surface area (Å²) < 4.78 is 4.71. The van der Waals surface area contributed by atoms with Gasteiger partial charge in [-0.05, 0) is 57.3 Å². The number of hydrogen-bond donors (Lipinski definition) is 0. The normalized spacial score (nSPS) is 35.6. The highest BCUT2D eigenvalue weighted by Crippen LogP contribution is 2.58. The maximum absolute atomic E-state index is 11.7. The van der Waals surface area contributed by atoms with Crippen LogP contribution in [0.4, 0.5) is 0 Å². The number of Topliss-reactive ketones (excluding diaryl/α,β-unsaturated/α-hetero) is 1. The highest BCUT2D eigenvalue weighted by atomic mass is 16.5. The fraction of sp³-hybridized carbons (Fsp3) is 0.857. The molecule has 0 amide bonds. The van der Waals surface area contributed by atoms with Crippen molar-refractivity contribution in [3.05, 3.63) is 0 Å². The van der Waals surface area contributed by atoms with Gasteiger partial charge in [0.25, 0.3) is 0 Å². The van der Waals surface area contributed by atoms with Crippen LogP contribution in [0.25, 0.3) is 0 Å². The molecule has 3 nitrogen and oxygen atoms in total. The molecule has 0 aromatic rings. The van der Waals surface area contributed by atoms with E-state index in [1.807, 2.05) is 0 Å². The zero-order valence-corrected chi connectivity index (χ0v) is 10.9. The first-order valence-corrected chi connectivity index (χ1v) is 6.60. The molecule has 0 aliphatic heterocycles. The molecule has 3 fully saturated rings. The Hall–Kier alpha value is -0.860. The molecule has 0 aromatic carbocycles. The zero-order chi connectivity index (χ0) is 12.5. The van der Waals surface area contributed by atoms with E-state index in [0.29, 0.717) is 17.6 Å². The summed E-state index contributed by atoms with van der Waals surface area (Å²) in [7, 11) is 1.45. The van der Waals surface area contributed by atoms with E-state index in [0.717, 1.165) is 44.9 Å². The number of rotatable bonds is 4. The summed E-state index contributed by atoms with van der Waals surface area (Å²) in [4.78, 5) is 22.9. The Morgan fingerprint density at radius 2 is 1.59 bits per heavy atom. The van der Waals surface area contributed by atoms with Gasteiger partial charge in [-0.25, -0.2) is 0 Å². The third-order valence-corrected chi connectivity index (χ3v) is 5.24. The van der Waals surface area contributed by atoms with Gasteiger partial charge < -0.3 is 4.74 Å². The van der Waals surface area contributed by atoms with Crippen LogP contribution in [0.2, 0.25) is 0 Å². The minimum Gasteiger partial charge on any atom is -0.469 e. The van der Waals surface area contributed by atoms with Crippen LogP contribution in [-0.4, -0.2) is 18.9 Å². The molecule has 0 N–H and O–H groups in total. The number of carbonyl (C=O) groups excluding carboxylic acids is 2. The lowest BCUT2D eigenvalue weighted by Gasteiger charge is -2.52. The number of fused-ring (bicyclic) bond motifs is 3. The van der Waals surface area contributed by atoms with Crippen LogP contribution in [0, 0.1) is 10.8 Å². The van der Waals surface area contributed by atoms with Crippen molar-refractivity contribution in [2.45, 2.75) is 58.3 Å². The van der Waals surface area contributed by atoms with Crippen LogP contribution in [0.1, 0.15) is 58.3 Å². The summed E-state index contributed by atoms with van der Waals surface area (Å²) in [5.74, 6) is 0.270. The molecule has 0 aromatic heterocycles. The van der Waals surface area contributed by atoms with Gasteiger partial charge in [-0.2, -0.15) is 0 Å². The average Bonchev–Trinajstić information content (AvgIpc) is 2.38. The SMILES string of the molecule is COC(=O)CCC12CCC(C(C)=O)(CC1)CC2. The van der Waals surface area contributed by atoms with Crippen LogP contribution in [0.15, 0.2) is 0 Å². The van der Waals surface area contributed by atoms with E-state index in [9.17, 15) is 9.59 Å². The molecule has 0 spiro atoms. The lowest BCUT2D eigenvalue weighted by atomic mass is 9.51. The van der Waals surface area contributed by atoms with Crippen molar-refractivity contribution in [2.24, 2.45) is 10.8 Å². The highest BCUT2D eigenvalue weighted by Gasteiger charge is 2.50. The van der Waals surface area contributed by atoms with E-state index in [1.165, 1.54) is 7.11 Å². The first-order chi connectivity index (χ1) is 8.02.